The van der Waals surface area contributed by atoms with Gasteiger partial charge in [-0.1, -0.05) is 11.6 Å². The number of hydrogen-bond donors (Lipinski definition) is 4. The van der Waals surface area contributed by atoms with Crippen LogP contribution in [0.15, 0.2) is 52.5 Å². The number of likely N-dealkylation sites (tertiary alicyclic amines) is 2. The van der Waals surface area contributed by atoms with Crippen LogP contribution in [0.1, 0.15) is 18.5 Å². The molecule has 0 saturated carbocycles. The third-order valence-electron chi connectivity index (χ3n) is 7.59. The number of carbonyl (C=O) groups is 2. The molecular formula is C28H30ClF2N9O3S. The van der Waals surface area contributed by atoms with E-state index in [1.807, 2.05) is 30.0 Å². The SMILES string of the molecule is Cc1cc(Nc2nc(Sc3ccc(NC(=O)CN4CC[C@@H](C(=O)N5CC(F)(F)C[C@H]5CO)C4)cc3)nc3ccc(Cl)n23)n[nH]1. The van der Waals surface area contributed by atoms with Crippen LogP contribution in [0.2, 0.25) is 5.15 Å². The summed E-state index contributed by atoms with van der Waals surface area (Å²) in [6, 6.07) is 11.7. The van der Waals surface area contributed by atoms with Crippen LogP contribution in [0.5, 0.6) is 0 Å². The van der Waals surface area contributed by atoms with Crippen molar-refractivity contribution in [3.05, 3.63) is 53.3 Å². The second-order valence-electron chi connectivity index (χ2n) is 11.0. The maximum absolute atomic E-state index is 13.8. The molecule has 232 valence electrons. The molecule has 5 heterocycles. The van der Waals surface area contributed by atoms with E-state index >= 15 is 0 Å². The average Bonchev–Trinajstić information content (AvgIpc) is 3.76. The molecule has 3 aromatic heterocycles. The van der Waals surface area contributed by atoms with Crippen molar-refractivity contribution in [2.24, 2.45) is 5.92 Å². The number of aliphatic hydroxyl groups excluding tert-OH is 1. The van der Waals surface area contributed by atoms with Gasteiger partial charge in [-0.3, -0.25) is 24.0 Å². The number of hydrogen-bond acceptors (Lipinski definition) is 9. The molecule has 0 spiro atoms. The number of halogens is 3. The molecule has 2 atom stereocenters. The van der Waals surface area contributed by atoms with E-state index in [2.05, 4.69) is 30.8 Å². The normalized spacial score (nSPS) is 20.0. The molecule has 0 aliphatic carbocycles. The first-order valence-electron chi connectivity index (χ1n) is 14.0. The van der Waals surface area contributed by atoms with Crippen molar-refractivity contribution in [2.75, 3.05) is 43.4 Å². The fourth-order valence-corrected chi connectivity index (χ4v) is 6.52. The van der Waals surface area contributed by atoms with Crippen LogP contribution < -0.4 is 10.6 Å². The van der Waals surface area contributed by atoms with Crippen molar-refractivity contribution in [3.63, 3.8) is 0 Å². The molecule has 4 aromatic rings. The zero-order valence-electron chi connectivity index (χ0n) is 23.6. The molecule has 4 N–H and O–H groups in total. The van der Waals surface area contributed by atoms with Crippen molar-refractivity contribution in [3.8, 4) is 0 Å². The van der Waals surface area contributed by atoms with Gasteiger partial charge in [0.15, 0.2) is 11.0 Å². The molecule has 2 fully saturated rings. The summed E-state index contributed by atoms with van der Waals surface area (Å²) in [5.41, 5.74) is 2.10. The Kier molecular flexibility index (Phi) is 8.46. The highest BCUT2D eigenvalue weighted by molar-refractivity contribution is 7.99. The first kappa shape index (κ1) is 30.2. The number of fused-ring (bicyclic) bond motifs is 1. The maximum Gasteiger partial charge on any atom is 0.267 e. The predicted molar refractivity (Wildman–Crippen MR) is 160 cm³/mol. The van der Waals surface area contributed by atoms with Crippen molar-refractivity contribution in [1.29, 1.82) is 0 Å². The quantitative estimate of drug-likeness (QED) is 0.214. The first-order chi connectivity index (χ1) is 21.1. The van der Waals surface area contributed by atoms with Crippen LogP contribution in [-0.4, -0.2) is 96.0 Å². The van der Waals surface area contributed by atoms with Crippen molar-refractivity contribution >= 4 is 58.3 Å². The van der Waals surface area contributed by atoms with E-state index in [0.717, 1.165) is 15.5 Å². The van der Waals surface area contributed by atoms with E-state index in [1.54, 1.807) is 28.7 Å². The lowest BCUT2D eigenvalue weighted by molar-refractivity contribution is -0.138. The number of aliphatic hydroxyl groups is 1. The number of anilines is 3. The minimum atomic E-state index is -2.99. The Balaban J connectivity index is 1.04. The topological polar surface area (TPSA) is 144 Å². The summed E-state index contributed by atoms with van der Waals surface area (Å²) in [5, 5.41) is 23.5. The minimum Gasteiger partial charge on any atom is -0.394 e. The lowest BCUT2D eigenvalue weighted by Gasteiger charge is -2.25. The summed E-state index contributed by atoms with van der Waals surface area (Å²) in [4.78, 5) is 38.6. The van der Waals surface area contributed by atoms with Crippen LogP contribution in [-0.2, 0) is 9.59 Å². The fourth-order valence-electron chi connectivity index (χ4n) is 5.53. The van der Waals surface area contributed by atoms with Crippen LogP contribution in [0.25, 0.3) is 5.65 Å². The molecule has 0 radical (unpaired) electrons. The Morgan fingerprint density at radius 3 is 2.73 bits per heavy atom. The fraction of sp³-hybridized carbons (Fsp3) is 0.393. The van der Waals surface area contributed by atoms with E-state index in [9.17, 15) is 23.5 Å². The van der Waals surface area contributed by atoms with Gasteiger partial charge in [0.25, 0.3) is 5.92 Å². The number of amides is 2. The van der Waals surface area contributed by atoms with Crippen molar-refractivity contribution in [1.82, 2.24) is 34.4 Å². The number of H-pyrrole nitrogens is 1. The lowest BCUT2D eigenvalue weighted by atomic mass is 10.1. The maximum atomic E-state index is 13.8. The largest absolute Gasteiger partial charge is 0.394 e. The molecule has 1 aromatic carbocycles. The molecule has 12 nitrogen and oxygen atoms in total. The Morgan fingerprint density at radius 1 is 1.20 bits per heavy atom. The number of alkyl halides is 2. The van der Waals surface area contributed by atoms with E-state index < -0.39 is 37.5 Å². The Morgan fingerprint density at radius 2 is 2.00 bits per heavy atom. The van der Waals surface area contributed by atoms with E-state index in [1.165, 1.54) is 11.8 Å². The molecule has 6 rings (SSSR count). The van der Waals surface area contributed by atoms with Crippen LogP contribution in [0.4, 0.5) is 26.2 Å². The number of aromatic amines is 1. The number of benzene rings is 1. The number of nitrogens with zero attached hydrogens (tertiary/aromatic N) is 6. The lowest BCUT2D eigenvalue weighted by Crippen LogP contribution is -2.43. The van der Waals surface area contributed by atoms with Crippen molar-refractivity contribution < 1.29 is 23.5 Å². The number of nitrogens with one attached hydrogen (secondary N) is 3. The van der Waals surface area contributed by atoms with Crippen LogP contribution in [0.3, 0.4) is 0 Å². The summed E-state index contributed by atoms with van der Waals surface area (Å²) < 4.78 is 29.3. The first-order valence-corrected chi connectivity index (χ1v) is 15.2. The molecule has 44 heavy (non-hydrogen) atoms. The van der Waals surface area contributed by atoms with Gasteiger partial charge >= 0.3 is 0 Å². The van der Waals surface area contributed by atoms with E-state index in [4.69, 9.17) is 11.6 Å². The van der Waals surface area contributed by atoms with Crippen LogP contribution in [0, 0.1) is 12.8 Å². The summed E-state index contributed by atoms with van der Waals surface area (Å²) in [5.74, 6) is -3.06. The standard InChI is InChI=1S/C28H30ClF2N9O3S/c1-16-10-22(37-36-16)33-26-35-27(34-23-7-6-21(29)40(23)26)44-20-4-2-18(3-5-20)32-24(42)13-38-9-8-17(12-38)25(43)39-15-28(30,31)11-19(39)14-41/h2-7,10,17,19,41H,8-9,11-15H2,1H3,(H,32,42)(H2,33,34,35,36,37)/t17-,19+/m1/s1. The summed E-state index contributed by atoms with van der Waals surface area (Å²) >= 11 is 7.71. The van der Waals surface area contributed by atoms with Gasteiger partial charge < -0.3 is 20.6 Å². The predicted octanol–water partition coefficient (Wildman–Crippen LogP) is 3.80. The number of carbonyl (C=O) groups excluding carboxylic acids is 2. The number of aromatic nitrogens is 5. The molecule has 16 heteroatoms. The second-order valence-corrected chi connectivity index (χ2v) is 12.4. The number of aryl methyl sites for hydroxylation is 1. The molecular weight excluding hydrogens is 616 g/mol. The Bertz CT molecular complexity index is 1680. The van der Waals surface area contributed by atoms with Gasteiger partial charge in [-0.2, -0.15) is 10.1 Å². The average molecular weight is 646 g/mol. The summed E-state index contributed by atoms with van der Waals surface area (Å²) in [6.45, 7) is 1.60. The number of rotatable bonds is 9. The van der Waals surface area contributed by atoms with E-state index in [-0.39, 0.29) is 18.4 Å². The van der Waals surface area contributed by atoms with Gasteiger partial charge in [0.2, 0.25) is 17.8 Å². The molecule has 2 amide bonds. The monoisotopic (exact) mass is 645 g/mol. The van der Waals surface area contributed by atoms with Gasteiger partial charge in [0.1, 0.15) is 10.8 Å². The van der Waals surface area contributed by atoms with Gasteiger partial charge in [-0.05, 0) is 68.0 Å². The van der Waals surface area contributed by atoms with Crippen molar-refractivity contribution in [2.45, 2.75) is 41.8 Å². The third-order valence-corrected chi connectivity index (χ3v) is 8.76. The molecule has 0 unspecified atom stereocenters. The Labute approximate surface area is 260 Å². The minimum absolute atomic E-state index is 0.0684. The zero-order chi connectivity index (χ0) is 31.0. The third kappa shape index (κ3) is 6.65. The highest BCUT2D eigenvalue weighted by Crippen LogP contribution is 2.34. The van der Waals surface area contributed by atoms with Crippen LogP contribution >= 0.6 is 23.4 Å². The van der Waals surface area contributed by atoms with Gasteiger partial charge in [-0.15, -0.1) is 0 Å². The van der Waals surface area contributed by atoms with Gasteiger partial charge in [0, 0.05) is 35.3 Å². The highest BCUT2D eigenvalue weighted by Gasteiger charge is 2.48. The molecule has 0 bridgehead atoms. The zero-order valence-corrected chi connectivity index (χ0v) is 25.2. The summed E-state index contributed by atoms with van der Waals surface area (Å²) in [6.07, 6.45) is -0.0558. The Hall–Kier alpha value is -3.79. The molecule has 2 aliphatic rings. The smallest absolute Gasteiger partial charge is 0.267 e. The van der Waals surface area contributed by atoms with Gasteiger partial charge in [0.05, 0.1) is 31.7 Å². The molecule has 2 aliphatic heterocycles. The summed E-state index contributed by atoms with van der Waals surface area (Å²) in [7, 11) is 0. The second kappa shape index (κ2) is 12.3. The van der Waals surface area contributed by atoms with Gasteiger partial charge in [-0.25, -0.2) is 13.8 Å². The van der Waals surface area contributed by atoms with E-state index in [0.29, 0.717) is 52.9 Å². The molecule has 2 saturated heterocycles. The highest BCUT2D eigenvalue weighted by atomic mass is 35.5.